The van der Waals surface area contributed by atoms with E-state index in [1.165, 1.54) is 24.8 Å². The quantitative estimate of drug-likeness (QED) is 0.828. The Morgan fingerprint density at radius 1 is 1.19 bits per heavy atom. The van der Waals surface area contributed by atoms with E-state index >= 15 is 0 Å². The lowest BCUT2D eigenvalue weighted by molar-refractivity contribution is 0.568. The summed E-state index contributed by atoms with van der Waals surface area (Å²) in [5.41, 5.74) is 1.20. The van der Waals surface area contributed by atoms with Gasteiger partial charge in [0.05, 0.1) is 0 Å². The lowest BCUT2D eigenvalue weighted by Gasteiger charge is -2.26. The van der Waals surface area contributed by atoms with Crippen LogP contribution in [0.25, 0.3) is 0 Å². The number of nitrogens with one attached hydrogen (secondary N) is 1. The summed E-state index contributed by atoms with van der Waals surface area (Å²) < 4.78 is 0. The fourth-order valence-corrected chi connectivity index (χ4v) is 2.00. The molecular weight excluding hydrogens is 200 g/mol. The van der Waals surface area contributed by atoms with Gasteiger partial charge in [0.1, 0.15) is 0 Å². The maximum Gasteiger partial charge on any atom is 0.225 e. The van der Waals surface area contributed by atoms with E-state index in [4.69, 9.17) is 0 Å². The molecule has 0 spiro atoms. The van der Waals surface area contributed by atoms with Gasteiger partial charge in [0, 0.05) is 25.5 Å². The molecule has 1 N–H and O–H groups in total. The molecule has 0 aromatic carbocycles. The summed E-state index contributed by atoms with van der Waals surface area (Å²) in [4.78, 5) is 11.2. The Labute approximate surface area is 97.1 Å². The van der Waals surface area contributed by atoms with E-state index in [9.17, 15) is 0 Å². The predicted molar refractivity (Wildman–Crippen MR) is 65.7 cm³/mol. The van der Waals surface area contributed by atoms with Crippen molar-refractivity contribution in [1.29, 1.82) is 0 Å². The van der Waals surface area contributed by atoms with Gasteiger partial charge in [-0.1, -0.05) is 0 Å². The molecule has 1 aromatic rings. The van der Waals surface area contributed by atoms with Crippen LogP contribution in [0.15, 0.2) is 12.4 Å². The Balaban J connectivity index is 1.95. The van der Waals surface area contributed by atoms with Gasteiger partial charge in [-0.25, -0.2) is 9.97 Å². The molecule has 0 unspecified atom stereocenters. The van der Waals surface area contributed by atoms with Crippen molar-refractivity contribution in [3.8, 4) is 0 Å². The molecule has 0 bridgehead atoms. The molecule has 0 radical (unpaired) electrons. The van der Waals surface area contributed by atoms with Gasteiger partial charge >= 0.3 is 0 Å². The Kier molecular flexibility index (Phi) is 4.10. The van der Waals surface area contributed by atoms with Crippen molar-refractivity contribution in [2.45, 2.75) is 25.7 Å². The summed E-state index contributed by atoms with van der Waals surface area (Å²) >= 11 is 0. The highest BCUT2D eigenvalue weighted by Gasteiger charge is 2.12. The van der Waals surface area contributed by atoms with Crippen LogP contribution in [-0.2, 0) is 6.42 Å². The van der Waals surface area contributed by atoms with Crippen molar-refractivity contribution in [1.82, 2.24) is 15.3 Å². The maximum atomic E-state index is 4.44. The minimum absolute atomic E-state index is 0.896. The molecule has 88 valence electrons. The average molecular weight is 220 g/mol. The molecule has 1 saturated heterocycles. The first kappa shape index (κ1) is 11.3. The van der Waals surface area contributed by atoms with Crippen LogP contribution in [0.1, 0.15) is 24.8 Å². The topological polar surface area (TPSA) is 41.1 Å². The van der Waals surface area contributed by atoms with E-state index < -0.39 is 0 Å². The molecule has 2 heterocycles. The summed E-state index contributed by atoms with van der Waals surface area (Å²) in [7, 11) is 1.96. The molecule has 0 atom stereocenters. The van der Waals surface area contributed by atoms with E-state index in [2.05, 4.69) is 20.2 Å². The van der Waals surface area contributed by atoms with Gasteiger partial charge in [0.25, 0.3) is 0 Å². The molecule has 4 nitrogen and oxygen atoms in total. The largest absolute Gasteiger partial charge is 0.341 e. The minimum atomic E-state index is 0.896. The van der Waals surface area contributed by atoms with E-state index in [0.717, 1.165) is 32.0 Å². The second-order valence-corrected chi connectivity index (χ2v) is 4.29. The first-order chi connectivity index (χ1) is 7.90. The van der Waals surface area contributed by atoms with E-state index in [0.29, 0.717) is 0 Å². The third-order valence-electron chi connectivity index (χ3n) is 2.99. The van der Waals surface area contributed by atoms with Gasteiger partial charge in [0.2, 0.25) is 5.95 Å². The second kappa shape index (κ2) is 5.80. The summed E-state index contributed by atoms with van der Waals surface area (Å²) in [6.07, 6.45) is 8.78. The van der Waals surface area contributed by atoms with Crippen molar-refractivity contribution in [2.75, 3.05) is 31.6 Å². The second-order valence-electron chi connectivity index (χ2n) is 4.29. The Bertz CT molecular complexity index is 303. The zero-order valence-corrected chi connectivity index (χ0v) is 9.95. The van der Waals surface area contributed by atoms with Gasteiger partial charge in [-0.05, 0) is 44.8 Å². The van der Waals surface area contributed by atoms with Crippen molar-refractivity contribution in [3.05, 3.63) is 18.0 Å². The van der Waals surface area contributed by atoms with Crippen LogP contribution in [0, 0.1) is 0 Å². The van der Waals surface area contributed by atoms with Crippen molar-refractivity contribution in [3.63, 3.8) is 0 Å². The van der Waals surface area contributed by atoms with E-state index in [1.54, 1.807) is 0 Å². The minimum Gasteiger partial charge on any atom is -0.341 e. The molecule has 4 heteroatoms. The van der Waals surface area contributed by atoms with Gasteiger partial charge in [-0.15, -0.1) is 0 Å². The van der Waals surface area contributed by atoms with Crippen LogP contribution >= 0.6 is 0 Å². The van der Waals surface area contributed by atoms with Crippen LogP contribution < -0.4 is 10.2 Å². The third kappa shape index (κ3) is 2.92. The van der Waals surface area contributed by atoms with Crippen molar-refractivity contribution < 1.29 is 0 Å². The fourth-order valence-electron chi connectivity index (χ4n) is 2.00. The van der Waals surface area contributed by atoms with E-state index in [1.807, 2.05) is 19.4 Å². The molecule has 1 fully saturated rings. The number of nitrogens with zero attached hydrogens (tertiary/aromatic N) is 3. The molecule has 1 aliphatic heterocycles. The number of likely N-dealkylation sites (N-methyl/N-ethyl adjacent to an activating group) is 1. The van der Waals surface area contributed by atoms with Crippen LogP contribution in [0.4, 0.5) is 5.95 Å². The number of hydrogen-bond acceptors (Lipinski definition) is 4. The molecule has 1 aromatic heterocycles. The Hall–Kier alpha value is -1.16. The highest BCUT2D eigenvalue weighted by molar-refractivity contribution is 5.30. The standard InChI is InChI=1S/C12H20N4/c1-13-6-5-11-9-14-12(15-10-11)16-7-3-2-4-8-16/h9-10,13H,2-8H2,1H3. The number of piperidine rings is 1. The fraction of sp³-hybridized carbons (Fsp3) is 0.667. The normalized spacial score (nSPS) is 16.4. The van der Waals surface area contributed by atoms with Crippen LogP contribution in [-0.4, -0.2) is 36.6 Å². The van der Waals surface area contributed by atoms with Gasteiger partial charge in [-0.2, -0.15) is 0 Å². The molecule has 0 amide bonds. The monoisotopic (exact) mass is 220 g/mol. The number of hydrogen-bond donors (Lipinski definition) is 1. The Morgan fingerprint density at radius 3 is 2.50 bits per heavy atom. The highest BCUT2D eigenvalue weighted by Crippen LogP contribution is 2.14. The smallest absolute Gasteiger partial charge is 0.225 e. The Morgan fingerprint density at radius 2 is 1.88 bits per heavy atom. The zero-order valence-electron chi connectivity index (χ0n) is 9.95. The summed E-state index contributed by atoms with van der Waals surface area (Å²) in [6.45, 7) is 3.19. The summed E-state index contributed by atoms with van der Waals surface area (Å²) in [5, 5.41) is 3.13. The van der Waals surface area contributed by atoms with Gasteiger partial charge < -0.3 is 10.2 Å². The molecule has 0 saturated carbocycles. The molecular formula is C12H20N4. The third-order valence-corrected chi connectivity index (χ3v) is 2.99. The number of aromatic nitrogens is 2. The summed E-state index contributed by atoms with van der Waals surface area (Å²) in [6, 6.07) is 0. The average Bonchev–Trinajstić information content (AvgIpc) is 2.38. The van der Waals surface area contributed by atoms with Crippen LogP contribution in [0.3, 0.4) is 0 Å². The zero-order chi connectivity index (χ0) is 11.2. The van der Waals surface area contributed by atoms with Crippen molar-refractivity contribution in [2.24, 2.45) is 0 Å². The van der Waals surface area contributed by atoms with Crippen LogP contribution in [0.2, 0.25) is 0 Å². The number of rotatable bonds is 4. The predicted octanol–water partition coefficient (Wildman–Crippen LogP) is 1.23. The first-order valence-electron chi connectivity index (χ1n) is 6.10. The SMILES string of the molecule is CNCCc1cnc(N2CCCCC2)nc1. The summed E-state index contributed by atoms with van der Waals surface area (Å²) in [5.74, 6) is 0.896. The van der Waals surface area contributed by atoms with Crippen molar-refractivity contribution >= 4 is 5.95 Å². The van der Waals surface area contributed by atoms with Crippen LogP contribution in [0.5, 0.6) is 0 Å². The number of anilines is 1. The first-order valence-corrected chi connectivity index (χ1v) is 6.10. The lowest BCUT2D eigenvalue weighted by Crippen LogP contribution is -2.30. The molecule has 0 aliphatic carbocycles. The molecule has 1 aliphatic rings. The molecule has 16 heavy (non-hydrogen) atoms. The highest BCUT2D eigenvalue weighted by atomic mass is 15.2. The van der Waals surface area contributed by atoms with E-state index in [-0.39, 0.29) is 0 Å². The maximum absolute atomic E-state index is 4.44. The van der Waals surface area contributed by atoms with Gasteiger partial charge in [-0.3, -0.25) is 0 Å². The van der Waals surface area contributed by atoms with Gasteiger partial charge in [0.15, 0.2) is 0 Å². The molecule has 2 rings (SSSR count). The lowest BCUT2D eigenvalue weighted by atomic mass is 10.1.